The van der Waals surface area contributed by atoms with Crippen LogP contribution in [0.1, 0.15) is 35.2 Å². The fourth-order valence-corrected chi connectivity index (χ4v) is 2.05. The Morgan fingerprint density at radius 1 is 1.32 bits per heavy atom. The van der Waals surface area contributed by atoms with Crippen LogP contribution in [0.25, 0.3) is 0 Å². The molecule has 1 saturated heterocycles. The molecule has 0 aliphatic carbocycles. The van der Waals surface area contributed by atoms with Crippen LogP contribution >= 0.6 is 0 Å². The number of nitrogens with one attached hydrogen (secondary N) is 1. The number of benzene rings is 1. The molecule has 2 N–H and O–H groups in total. The van der Waals surface area contributed by atoms with Gasteiger partial charge in [-0.2, -0.15) is 0 Å². The first-order valence-electron chi connectivity index (χ1n) is 6.35. The molecule has 1 unspecified atom stereocenters. The Morgan fingerprint density at radius 3 is 2.63 bits per heavy atom. The first-order chi connectivity index (χ1) is 9.15. The molecule has 0 aromatic heterocycles. The summed E-state index contributed by atoms with van der Waals surface area (Å²) in [5.74, 6) is -0.983. The molecule has 0 saturated carbocycles. The number of carbonyl (C=O) groups excluding carboxylic acids is 1. The van der Waals surface area contributed by atoms with E-state index in [0.29, 0.717) is 13.0 Å². The first kappa shape index (κ1) is 13.5. The SMILES string of the molecule is O=C(CC1CCCO1)NCc1ccc(C(=O)O)cc1. The van der Waals surface area contributed by atoms with E-state index in [1.807, 2.05) is 0 Å². The van der Waals surface area contributed by atoms with Crippen LogP contribution in [0.4, 0.5) is 0 Å². The zero-order chi connectivity index (χ0) is 13.7. The summed E-state index contributed by atoms with van der Waals surface area (Å²) >= 11 is 0. The number of carbonyl (C=O) groups is 2. The lowest BCUT2D eigenvalue weighted by Gasteiger charge is -2.09. The molecule has 1 aliphatic heterocycles. The molecule has 102 valence electrons. The molecule has 5 heteroatoms. The second-order valence-corrected chi connectivity index (χ2v) is 4.62. The summed E-state index contributed by atoms with van der Waals surface area (Å²) in [6, 6.07) is 6.47. The topological polar surface area (TPSA) is 75.6 Å². The van der Waals surface area contributed by atoms with Crippen LogP contribution in [0.2, 0.25) is 0 Å². The van der Waals surface area contributed by atoms with Crippen molar-refractivity contribution < 1.29 is 19.4 Å². The Kier molecular flexibility index (Phi) is 4.52. The second kappa shape index (κ2) is 6.33. The Balaban J connectivity index is 1.77. The van der Waals surface area contributed by atoms with Crippen molar-refractivity contribution in [2.24, 2.45) is 0 Å². The number of hydrogen-bond donors (Lipinski definition) is 2. The molecule has 1 aromatic rings. The molecular formula is C14H17NO4. The number of aromatic carboxylic acids is 1. The second-order valence-electron chi connectivity index (χ2n) is 4.62. The van der Waals surface area contributed by atoms with E-state index in [1.165, 1.54) is 12.1 Å². The summed E-state index contributed by atoms with van der Waals surface area (Å²) in [6.45, 7) is 1.15. The fourth-order valence-electron chi connectivity index (χ4n) is 2.05. The minimum atomic E-state index is -0.950. The van der Waals surface area contributed by atoms with Crippen molar-refractivity contribution >= 4 is 11.9 Å². The molecule has 0 bridgehead atoms. The zero-order valence-corrected chi connectivity index (χ0v) is 10.6. The minimum Gasteiger partial charge on any atom is -0.478 e. The normalized spacial score (nSPS) is 18.2. The number of hydrogen-bond acceptors (Lipinski definition) is 3. The van der Waals surface area contributed by atoms with Crippen molar-refractivity contribution in [3.8, 4) is 0 Å². The lowest BCUT2D eigenvalue weighted by Crippen LogP contribution is -2.26. The van der Waals surface area contributed by atoms with Gasteiger partial charge in [-0.05, 0) is 30.5 Å². The number of carboxylic acids is 1. The Bertz CT molecular complexity index is 449. The predicted octanol–water partition coefficient (Wildman–Crippen LogP) is 1.57. The highest BCUT2D eigenvalue weighted by Gasteiger charge is 2.18. The highest BCUT2D eigenvalue weighted by atomic mass is 16.5. The van der Waals surface area contributed by atoms with E-state index < -0.39 is 5.97 Å². The number of rotatable bonds is 5. The molecule has 1 aromatic carbocycles. The van der Waals surface area contributed by atoms with Gasteiger partial charge in [0, 0.05) is 13.2 Å². The third kappa shape index (κ3) is 4.06. The van der Waals surface area contributed by atoms with Gasteiger partial charge in [0.2, 0.25) is 5.91 Å². The number of amides is 1. The average molecular weight is 263 g/mol. The summed E-state index contributed by atoms with van der Waals surface area (Å²) in [5.41, 5.74) is 1.13. The summed E-state index contributed by atoms with van der Waals surface area (Å²) in [5, 5.41) is 11.6. The maximum Gasteiger partial charge on any atom is 0.335 e. The third-order valence-corrected chi connectivity index (χ3v) is 3.13. The van der Waals surface area contributed by atoms with Crippen LogP contribution in [-0.2, 0) is 16.1 Å². The van der Waals surface area contributed by atoms with Crippen molar-refractivity contribution in [3.05, 3.63) is 35.4 Å². The Labute approximate surface area is 111 Å². The van der Waals surface area contributed by atoms with Crippen LogP contribution in [0.15, 0.2) is 24.3 Å². The predicted molar refractivity (Wildman–Crippen MR) is 68.8 cm³/mol. The van der Waals surface area contributed by atoms with Gasteiger partial charge < -0.3 is 15.2 Å². The molecule has 1 amide bonds. The molecule has 2 rings (SSSR count). The van der Waals surface area contributed by atoms with E-state index in [2.05, 4.69) is 5.32 Å². The van der Waals surface area contributed by atoms with Crippen molar-refractivity contribution in [1.82, 2.24) is 5.32 Å². The zero-order valence-electron chi connectivity index (χ0n) is 10.6. The van der Waals surface area contributed by atoms with E-state index in [4.69, 9.17) is 9.84 Å². The van der Waals surface area contributed by atoms with Gasteiger partial charge in [0.1, 0.15) is 0 Å². The monoisotopic (exact) mass is 263 g/mol. The summed E-state index contributed by atoms with van der Waals surface area (Å²) in [4.78, 5) is 22.4. The lowest BCUT2D eigenvalue weighted by molar-refractivity contribution is -0.123. The highest BCUT2D eigenvalue weighted by Crippen LogP contribution is 2.15. The number of ether oxygens (including phenoxy) is 1. The molecule has 5 nitrogen and oxygen atoms in total. The van der Waals surface area contributed by atoms with Crippen molar-refractivity contribution in [2.75, 3.05) is 6.61 Å². The van der Waals surface area contributed by atoms with Crippen molar-refractivity contribution in [1.29, 1.82) is 0 Å². The largest absolute Gasteiger partial charge is 0.478 e. The van der Waals surface area contributed by atoms with Gasteiger partial charge in [-0.25, -0.2) is 4.79 Å². The van der Waals surface area contributed by atoms with Crippen molar-refractivity contribution in [3.63, 3.8) is 0 Å². The standard InChI is InChI=1S/C14H17NO4/c16-13(8-12-2-1-7-19-12)15-9-10-3-5-11(6-4-10)14(17)18/h3-6,12H,1-2,7-9H2,(H,15,16)(H,17,18). The lowest BCUT2D eigenvalue weighted by atomic mass is 10.1. The molecule has 0 spiro atoms. The Morgan fingerprint density at radius 2 is 2.05 bits per heavy atom. The van der Waals surface area contributed by atoms with Gasteiger partial charge in [-0.3, -0.25) is 4.79 Å². The smallest absolute Gasteiger partial charge is 0.335 e. The van der Waals surface area contributed by atoms with Crippen LogP contribution in [0, 0.1) is 0 Å². The van der Waals surface area contributed by atoms with Gasteiger partial charge in [-0.1, -0.05) is 12.1 Å². The fraction of sp³-hybridized carbons (Fsp3) is 0.429. The van der Waals surface area contributed by atoms with E-state index >= 15 is 0 Å². The quantitative estimate of drug-likeness (QED) is 0.845. The summed E-state index contributed by atoms with van der Waals surface area (Å²) < 4.78 is 5.39. The van der Waals surface area contributed by atoms with Gasteiger partial charge in [0.25, 0.3) is 0 Å². The summed E-state index contributed by atoms with van der Waals surface area (Å²) in [6.07, 6.45) is 2.41. The van der Waals surface area contributed by atoms with E-state index in [0.717, 1.165) is 25.0 Å². The number of carboxylic acid groups (broad SMARTS) is 1. The maximum absolute atomic E-state index is 11.7. The van der Waals surface area contributed by atoms with Crippen LogP contribution in [-0.4, -0.2) is 29.7 Å². The van der Waals surface area contributed by atoms with Crippen LogP contribution in [0.5, 0.6) is 0 Å². The Hall–Kier alpha value is -1.88. The third-order valence-electron chi connectivity index (χ3n) is 3.13. The van der Waals surface area contributed by atoms with Gasteiger partial charge in [-0.15, -0.1) is 0 Å². The molecule has 1 aliphatic rings. The highest BCUT2D eigenvalue weighted by molar-refractivity contribution is 5.87. The average Bonchev–Trinajstić information content (AvgIpc) is 2.89. The molecule has 0 radical (unpaired) electrons. The molecule has 19 heavy (non-hydrogen) atoms. The first-order valence-corrected chi connectivity index (χ1v) is 6.35. The molecule has 1 atom stereocenters. The molecule has 1 fully saturated rings. The van der Waals surface area contributed by atoms with Crippen LogP contribution < -0.4 is 5.32 Å². The minimum absolute atomic E-state index is 0.0331. The van der Waals surface area contributed by atoms with E-state index in [-0.39, 0.29) is 17.6 Å². The molecule has 1 heterocycles. The van der Waals surface area contributed by atoms with Gasteiger partial charge in [0.05, 0.1) is 18.1 Å². The maximum atomic E-state index is 11.7. The molecular weight excluding hydrogens is 246 g/mol. The summed E-state index contributed by atoms with van der Waals surface area (Å²) in [7, 11) is 0. The van der Waals surface area contributed by atoms with E-state index in [9.17, 15) is 9.59 Å². The van der Waals surface area contributed by atoms with Gasteiger partial charge >= 0.3 is 5.97 Å². The van der Waals surface area contributed by atoms with Gasteiger partial charge in [0.15, 0.2) is 0 Å². The van der Waals surface area contributed by atoms with E-state index in [1.54, 1.807) is 12.1 Å². The van der Waals surface area contributed by atoms with Crippen molar-refractivity contribution in [2.45, 2.75) is 31.9 Å². The van der Waals surface area contributed by atoms with Crippen LogP contribution in [0.3, 0.4) is 0 Å².